The fraction of sp³-hybridized carbons (Fsp3) is 0.0385. The summed E-state index contributed by atoms with van der Waals surface area (Å²) in [6.07, 6.45) is -0.258. The largest absolute Gasteiger partial charge is 0.478 e. The maximum atomic E-state index is 12.8. The lowest BCUT2D eigenvalue weighted by atomic mass is 10.0. The summed E-state index contributed by atoms with van der Waals surface area (Å²) < 4.78 is 4.50. The molecule has 0 aromatic heterocycles. The van der Waals surface area contributed by atoms with E-state index >= 15 is 0 Å². The first-order valence-electron chi connectivity index (χ1n) is 10.7. The van der Waals surface area contributed by atoms with Crippen molar-refractivity contribution < 1.29 is 43.4 Å². The lowest BCUT2D eigenvalue weighted by molar-refractivity contribution is 0.0442. The number of carbonyl (C=O) groups is 7. The average Bonchev–Trinajstić information content (AvgIpc) is 3.31. The number of Topliss-reactive ketones (excluding diaryl/α,β-unsaturated/α-hetero) is 2. The quantitative estimate of drug-likeness (QED) is 0.353. The Kier molecular flexibility index (Phi) is 5.44. The van der Waals surface area contributed by atoms with Crippen LogP contribution in [0.15, 0.2) is 54.6 Å². The van der Waals surface area contributed by atoms with Crippen molar-refractivity contribution in [1.82, 2.24) is 0 Å². The second-order valence-electron chi connectivity index (χ2n) is 8.23. The van der Waals surface area contributed by atoms with Crippen LogP contribution in [0.2, 0.25) is 0 Å². The van der Waals surface area contributed by atoms with E-state index in [-0.39, 0.29) is 62.5 Å². The molecule has 0 saturated carbocycles. The van der Waals surface area contributed by atoms with Crippen LogP contribution in [0.3, 0.4) is 0 Å². The van der Waals surface area contributed by atoms with E-state index < -0.39 is 35.5 Å². The average molecular weight is 498 g/mol. The van der Waals surface area contributed by atoms with Gasteiger partial charge in [0.25, 0.3) is 11.8 Å². The number of aromatic carboxylic acids is 1. The number of carboxylic acids is 1. The van der Waals surface area contributed by atoms with Gasteiger partial charge < -0.3 is 20.5 Å². The van der Waals surface area contributed by atoms with E-state index in [0.29, 0.717) is 0 Å². The van der Waals surface area contributed by atoms with Gasteiger partial charge in [0.15, 0.2) is 11.6 Å². The number of rotatable bonds is 5. The molecule has 11 nitrogen and oxygen atoms in total. The van der Waals surface area contributed by atoms with Crippen molar-refractivity contribution >= 4 is 52.7 Å². The zero-order chi connectivity index (χ0) is 26.4. The van der Waals surface area contributed by atoms with Gasteiger partial charge in [-0.15, -0.1) is 0 Å². The molecule has 2 aliphatic rings. The maximum absolute atomic E-state index is 12.8. The summed E-state index contributed by atoms with van der Waals surface area (Å²) in [6.45, 7) is 0. The summed E-state index contributed by atoms with van der Waals surface area (Å²) in [6, 6.07) is 11.5. The van der Waals surface area contributed by atoms with Crippen molar-refractivity contribution in [1.29, 1.82) is 0 Å². The number of hydrogen-bond donors (Lipinski definition) is 3. The fourth-order valence-electron chi connectivity index (χ4n) is 4.02. The molecule has 0 spiro atoms. The van der Waals surface area contributed by atoms with Crippen LogP contribution in [0.1, 0.15) is 78.9 Å². The third-order valence-corrected chi connectivity index (χ3v) is 5.81. The Labute approximate surface area is 207 Å². The number of ketones is 2. The highest BCUT2D eigenvalue weighted by molar-refractivity contribution is 6.25. The molecule has 0 unspecified atom stereocenters. The zero-order valence-corrected chi connectivity index (χ0v) is 18.6. The highest BCUT2D eigenvalue weighted by atomic mass is 16.6. The van der Waals surface area contributed by atoms with Gasteiger partial charge in [-0.05, 0) is 54.6 Å². The normalized spacial score (nSPS) is 13.6. The number of cyclic esters (lactones) is 2. The summed E-state index contributed by atoms with van der Waals surface area (Å²) in [5.74, 6) is -5.13. The third kappa shape index (κ3) is 4.25. The number of amides is 2. The molecule has 0 atom stereocenters. The zero-order valence-electron chi connectivity index (χ0n) is 18.6. The van der Waals surface area contributed by atoms with Crippen molar-refractivity contribution in [2.75, 3.05) is 10.6 Å². The summed E-state index contributed by atoms with van der Waals surface area (Å²) in [5, 5.41) is 14.5. The van der Waals surface area contributed by atoms with Gasteiger partial charge in [0, 0.05) is 33.6 Å². The summed E-state index contributed by atoms with van der Waals surface area (Å²) in [4.78, 5) is 84.4. The van der Waals surface area contributed by atoms with Gasteiger partial charge in [0.1, 0.15) is 0 Å². The molecule has 1 heterocycles. The molecule has 182 valence electrons. The number of fused-ring (bicyclic) bond motifs is 2. The van der Waals surface area contributed by atoms with Crippen molar-refractivity contribution in [3.05, 3.63) is 93.5 Å². The van der Waals surface area contributed by atoms with Crippen molar-refractivity contribution in [2.45, 2.75) is 6.42 Å². The Morgan fingerprint density at radius 1 is 0.622 bits per heavy atom. The van der Waals surface area contributed by atoms with Crippen LogP contribution < -0.4 is 10.6 Å². The van der Waals surface area contributed by atoms with E-state index in [9.17, 15) is 38.7 Å². The Morgan fingerprint density at radius 2 is 1.14 bits per heavy atom. The van der Waals surface area contributed by atoms with Crippen molar-refractivity contribution in [2.24, 2.45) is 0 Å². The Morgan fingerprint density at radius 3 is 1.73 bits per heavy atom. The minimum atomic E-state index is -1.33. The fourth-order valence-corrected chi connectivity index (χ4v) is 4.02. The number of carboxylic acid groups (broad SMARTS) is 1. The number of esters is 2. The van der Waals surface area contributed by atoms with Gasteiger partial charge in [0.05, 0.1) is 23.1 Å². The third-order valence-electron chi connectivity index (χ3n) is 5.81. The minimum absolute atomic E-state index is 0.00840. The van der Waals surface area contributed by atoms with Crippen molar-refractivity contribution in [3.63, 3.8) is 0 Å². The number of benzene rings is 3. The van der Waals surface area contributed by atoms with Gasteiger partial charge in [-0.25, -0.2) is 14.4 Å². The highest BCUT2D eigenvalue weighted by Gasteiger charge is 2.30. The standard InChI is InChI=1S/C26H14N2O9/c29-20-10-21(30)18-7-11(1-3-16(18)20)22(31)27-14-5-13(24(33)34)6-15(9-14)28-23(32)12-2-4-17-19(8-12)26(36)37-25(17)35/h1-9H,10H2,(H,27,31)(H,28,32)(H,33,34). The molecular formula is C26H14N2O9. The number of hydrogen-bond acceptors (Lipinski definition) is 8. The number of ether oxygens (including phenoxy) is 1. The molecule has 5 rings (SSSR count). The second-order valence-corrected chi connectivity index (χ2v) is 8.23. The van der Waals surface area contributed by atoms with E-state index in [0.717, 1.165) is 0 Å². The van der Waals surface area contributed by atoms with Crippen LogP contribution in [0.5, 0.6) is 0 Å². The molecule has 0 radical (unpaired) electrons. The number of anilines is 2. The summed E-state index contributed by atoms with van der Waals surface area (Å²) in [7, 11) is 0. The van der Waals surface area contributed by atoms with Crippen LogP contribution in [-0.4, -0.2) is 46.4 Å². The van der Waals surface area contributed by atoms with E-state index in [1.807, 2.05) is 0 Å². The van der Waals surface area contributed by atoms with Crippen LogP contribution >= 0.6 is 0 Å². The Balaban J connectivity index is 1.40. The Bertz CT molecular complexity index is 1510. The summed E-state index contributed by atoms with van der Waals surface area (Å²) in [5.41, 5.74) is 0.234. The first kappa shape index (κ1) is 23.3. The summed E-state index contributed by atoms with van der Waals surface area (Å²) >= 11 is 0. The van der Waals surface area contributed by atoms with Crippen LogP contribution in [0, 0.1) is 0 Å². The highest BCUT2D eigenvalue weighted by Crippen LogP contribution is 2.26. The molecule has 0 saturated heterocycles. The monoisotopic (exact) mass is 498 g/mol. The van der Waals surface area contributed by atoms with Crippen LogP contribution in [0.4, 0.5) is 11.4 Å². The SMILES string of the molecule is O=C(O)c1cc(NC(=O)c2ccc3c(c2)C(=O)CC3=O)cc(NC(=O)c2ccc3c(c2)C(=O)OC3=O)c1. The number of carbonyl (C=O) groups excluding carboxylic acids is 6. The molecule has 3 N–H and O–H groups in total. The molecule has 3 aromatic carbocycles. The molecule has 0 fully saturated rings. The van der Waals surface area contributed by atoms with Gasteiger partial charge in [-0.3, -0.25) is 19.2 Å². The lowest BCUT2D eigenvalue weighted by Crippen LogP contribution is -2.16. The first-order valence-corrected chi connectivity index (χ1v) is 10.7. The Hall–Kier alpha value is -5.45. The van der Waals surface area contributed by atoms with E-state index in [4.69, 9.17) is 0 Å². The van der Waals surface area contributed by atoms with Gasteiger partial charge in [-0.1, -0.05) is 0 Å². The van der Waals surface area contributed by atoms with Crippen LogP contribution in [-0.2, 0) is 4.74 Å². The first-order chi connectivity index (χ1) is 17.6. The lowest BCUT2D eigenvalue weighted by Gasteiger charge is -2.11. The molecule has 1 aliphatic carbocycles. The van der Waals surface area contributed by atoms with Gasteiger partial charge in [0.2, 0.25) is 0 Å². The van der Waals surface area contributed by atoms with Crippen molar-refractivity contribution in [3.8, 4) is 0 Å². The topological polar surface area (TPSA) is 173 Å². The molecular weight excluding hydrogens is 484 g/mol. The smallest absolute Gasteiger partial charge is 0.346 e. The van der Waals surface area contributed by atoms with Gasteiger partial charge in [-0.2, -0.15) is 0 Å². The molecule has 2 amide bonds. The minimum Gasteiger partial charge on any atom is -0.478 e. The maximum Gasteiger partial charge on any atom is 0.346 e. The van der Waals surface area contributed by atoms with E-state index in [1.54, 1.807) is 0 Å². The predicted molar refractivity (Wildman–Crippen MR) is 125 cm³/mol. The van der Waals surface area contributed by atoms with Gasteiger partial charge >= 0.3 is 17.9 Å². The molecule has 1 aliphatic heterocycles. The molecule has 0 bridgehead atoms. The van der Waals surface area contributed by atoms with E-state index in [2.05, 4.69) is 15.4 Å². The molecule has 37 heavy (non-hydrogen) atoms. The second kappa shape index (κ2) is 8.64. The molecule has 3 aromatic rings. The number of nitrogens with one attached hydrogen (secondary N) is 2. The molecule has 11 heteroatoms. The predicted octanol–water partition coefficient (Wildman–Crippen LogP) is 2.97. The van der Waals surface area contributed by atoms with Crippen LogP contribution in [0.25, 0.3) is 0 Å². The van der Waals surface area contributed by atoms with E-state index in [1.165, 1.54) is 54.6 Å².